The Morgan fingerprint density at radius 3 is 2.76 bits per heavy atom. The summed E-state index contributed by atoms with van der Waals surface area (Å²) in [6, 6.07) is 10.5. The van der Waals surface area contributed by atoms with Crippen LogP contribution < -0.4 is 10.6 Å². The molecule has 1 aliphatic heterocycles. The quantitative estimate of drug-likeness (QED) is 0.829. The zero-order valence-electron chi connectivity index (χ0n) is 13.1. The Morgan fingerprint density at radius 1 is 1.38 bits per heavy atom. The number of nitrogens with zero attached hydrogens (tertiary/aromatic N) is 1. The van der Waals surface area contributed by atoms with Crippen LogP contribution in [-0.4, -0.2) is 50.6 Å². The summed E-state index contributed by atoms with van der Waals surface area (Å²) in [6.07, 6.45) is 2.97. The van der Waals surface area contributed by atoms with Crippen LogP contribution in [0.2, 0.25) is 0 Å². The molecule has 0 bridgehead atoms. The number of nitrogens with one attached hydrogen (secondary N) is 2. The molecule has 4 nitrogen and oxygen atoms in total. The molecule has 1 aliphatic rings. The van der Waals surface area contributed by atoms with Crippen LogP contribution in [0.5, 0.6) is 0 Å². The largest absolute Gasteiger partial charge is 0.351 e. The number of hydrogen-bond donors (Lipinski definition) is 2. The standard InChI is InChI=1S/C17H27N3O/c1-20(2)13-16(11-14-7-4-3-5-8-14)19-17(21)15-9-6-10-18-12-15/h3-5,7-8,15-16,18H,6,9-13H2,1-2H3,(H,19,21). The number of rotatable bonds is 6. The van der Waals surface area contributed by atoms with Gasteiger partial charge in [0.05, 0.1) is 5.92 Å². The summed E-state index contributed by atoms with van der Waals surface area (Å²) >= 11 is 0. The molecule has 116 valence electrons. The van der Waals surface area contributed by atoms with E-state index in [1.165, 1.54) is 5.56 Å². The van der Waals surface area contributed by atoms with Crippen molar-refractivity contribution in [3.63, 3.8) is 0 Å². The summed E-state index contributed by atoms with van der Waals surface area (Å²) in [7, 11) is 4.10. The molecule has 2 N–H and O–H groups in total. The molecule has 1 aromatic rings. The van der Waals surface area contributed by atoms with E-state index in [1.807, 2.05) is 20.2 Å². The van der Waals surface area contributed by atoms with Gasteiger partial charge in [0.15, 0.2) is 0 Å². The normalized spacial score (nSPS) is 20.2. The van der Waals surface area contributed by atoms with Gasteiger partial charge < -0.3 is 15.5 Å². The molecule has 0 spiro atoms. The van der Waals surface area contributed by atoms with Crippen molar-refractivity contribution in [1.82, 2.24) is 15.5 Å². The van der Waals surface area contributed by atoms with Crippen molar-refractivity contribution < 1.29 is 4.79 Å². The summed E-state index contributed by atoms with van der Waals surface area (Å²) in [5.41, 5.74) is 1.27. The van der Waals surface area contributed by atoms with Gasteiger partial charge in [0.25, 0.3) is 0 Å². The van der Waals surface area contributed by atoms with E-state index in [0.717, 1.165) is 38.9 Å². The third-order valence-corrected chi connectivity index (χ3v) is 3.92. The van der Waals surface area contributed by atoms with E-state index in [1.54, 1.807) is 0 Å². The first-order chi connectivity index (χ1) is 10.1. The lowest BCUT2D eigenvalue weighted by molar-refractivity contribution is -0.126. The minimum Gasteiger partial charge on any atom is -0.351 e. The van der Waals surface area contributed by atoms with Crippen molar-refractivity contribution in [2.75, 3.05) is 33.7 Å². The second-order valence-electron chi connectivity index (χ2n) is 6.20. The molecule has 0 radical (unpaired) electrons. The zero-order valence-corrected chi connectivity index (χ0v) is 13.1. The van der Waals surface area contributed by atoms with Crippen LogP contribution >= 0.6 is 0 Å². The van der Waals surface area contributed by atoms with E-state index >= 15 is 0 Å². The average Bonchev–Trinajstić information content (AvgIpc) is 2.48. The van der Waals surface area contributed by atoms with Crippen molar-refractivity contribution >= 4 is 5.91 Å². The molecule has 1 fully saturated rings. The molecular formula is C17H27N3O. The summed E-state index contributed by atoms with van der Waals surface area (Å²) < 4.78 is 0. The van der Waals surface area contributed by atoms with Gasteiger partial charge in [-0.3, -0.25) is 4.79 Å². The number of benzene rings is 1. The molecule has 21 heavy (non-hydrogen) atoms. The fraction of sp³-hybridized carbons (Fsp3) is 0.588. The summed E-state index contributed by atoms with van der Waals surface area (Å²) in [4.78, 5) is 14.5. The number of carbonyl (C=O) groups excluding carboxylic acids is 1. The van der Waals surface area contributed by atoms with Crippen molar-refractivity contribution in [2.45, 2.75) is 25.3 Å². The molecule has 2 unspecified atom stereocenters. The lowest BCUT2D eigenvalue weighted by Gasteiger charge is -2.27. The molecule has 1 saturated heterocycles. The Hall–Kier alpha value is -1.39. The van der Waals surface area contributed by atoms with Gasteiger partial charge >= 0.3 is 0 Å². The summed E-state index contributed by atoms with van der Waals surface area (Å²) in [5.74, 6) is 0.323. The van der Waals surface area contributed by atoms with Crippen molar-refractivity contribution in [3.8, 4) is 0 Å². The van der Waals surface area contributed by atoms with Crippen LogP contribution in [-0.2, 0) is 11.2 Å². The Balaban J connectivity index is 1.93. The van der Waals surface area contributed by atoms with Gasteiger partial charge in [-0.15, -0.1) is 0 Å². The van der Waals surface area contributed by atoms with E-state index < -0.39 is 0 Å². The molecular weight excluding hydrogens is 262 g/mol. The number of carbonyl (C=O) groups is 1. The first-order valence-corrected chi connectivity index (χ1v) is 7.85. The highest BCUT2D eigenvalue weighted by Gasteiger charge is 2.23. The third-order valence-electron chi connectivity index (χ3n) is 3.92. The van der Waals surface area contributed by atoms with Crippen LogP contribution in [0.1, 0.15) is 18.4 Å². The Morgan fingerprint density at radius 2 is 2.14 bits per heavy atom. The van der Waals surface area contributed by atoms with Crippen LogP contribution in [0.15, 0.2) is 30.3 Å². The van der Waals surface area contributed by atoms with E-state index in [9.17, 15) is 4.79 Å². The molecule has 1 aromatic carbocycles. The van der Waals surface area contributed by atoms with E-state index in [-0.39, 0.29) is 17.9 Å². The maximum atomic E-state index is 12.4. The fourth-order valence-electron chi connectivity index (χ4n) is 2.90. The zero-order chi connectivity index (χ0) is 15.1. The number of amides is 1. The van der Waals surface area contributed by atoms with E-state index in [2.05, 4.69) is 39.8 Å². The first-order valence-electron chi connectivity index (χ1n) is 7.85. The highest BCUT2D eigenvalue weighted by atomic mass is 16.2. The predicted octanol–water partition coefficient (Wildman–Crippen LogP) is 1.28. The second-order valence-corrected chi connectivity index (χ2v) is 6.20. The maximum absolute atomic E-state index is 12.4. The fourth-order valence-corrected chi connectivity index (χ4v) is 2.90. The first kappa shape index (κ1) is 16.0. The highest BCUT2D eigenvalue weighted by Crippen LogP contribution is 2.11. The number of likely N-dealkylation sites (N-methyl/N-ethyl adjacent to an activating group) is 1. The smallest absolute Gasteiger partial charge is 0.224 e. The average molecular weight is 289 g/mol. The Bertz CT molecular complexity index is 427. The summed E-state index contributed by atoms with van der Waals surface area (Å²) in [6.45, 7) is 2.71. The minimum absolute atomic E-state index is 0.124. The third kappa shape index (κ3) is 5.48. The molecule has 0 aliphatic carbocycles. The minimum atomic E-state index is 0.124. The van der Waals surface area contributed by atoms with Gasteiger partial charge in [0, 0.05) is 19.1 Å². The number of piperidine rings is 1. The van der Waals surface area contributed by atoms with E-state index in [4.69, 9.17) is 0 Å². The van der Waals surface area contributed by atoms with Gasteiger partial charge in [-0.1, -0.05) is 30.3 Å². The molecule has 2 rings (SSSR count). The van der Waals surface area contributed by atoms with Crippen LogP contribution in [0, 0.1) is 5.92 Å². The molecule has 4 heteroatoms. The van der Waals surface area contributed by atoms with Crippen LogP contribution in [0.3, 0.4) is 0 Å². The van der Waals surface area contributed by atoms with Crippen LogP contribution in [0.4, 0.5) is 0 Å². The van der Waals surface area contributed by atoms with Gasteiger partial charge in [-0.05, 0) is 45.5 Å². The lowest BCUT2D eigenvalue weighted by atomic mass is 9.97. The molecule has 1 heterocycles. The lowest BCUT2D eigenvalue weighted by Crippen LogP contribution is -2.48. The van der Waals surface area contributed by atoms with Gasteiger partial charge in [-0.2, -0.15) is 0 Å². The van der Waals surface area contributed by atoms with Gasteiger partial charge in [-0.25, -0.2) is 0 Å². The molecule has 0 saturated carbocycles. The monoisotopic (exact) mass is 289 g/mol. The predicted molar refractivity (Wildman–Crippen MR) is 86.2 cm³/mol. The van der Waals surface area contributed by atoms with Crippen molar-refractivity contribution in [3.05, 3.63) is 35.9 Å². The van der Waals surface area contributed by atoms with Gasteiger partial charge in [0.2, 0.25) is 5.91 Å². The van der Waals surface area contributed by atoms with Gasteiger partial charge in [0.1, 0.15) is 0 Å². The Kier molecular flexibility index (Phi) is 6.21. The van der Waals surface area contributed by atoms with Crippen molar-refractivity contribution in [2.24, 2.45) is 5.92 Å². The molecule has 0 aromatic heterocycles. The molecule has 1 amide bonds. The highest BCUT2D eigenvalue weighted by molar-refractivity contribution is 5.79. The Labute approximate surface area is 127 Å². The number of hydrogen-bond acceptors (Lipinski definition) is 3. The van der Waals surface area contributed by atoms with E-state index in [0.29, 0.717) is 0 Å². The van der Waals surface area contributed by atoms with Crippen LogP contribution in [0.25, 0.3) is 0 Å². The SMILES string of the molecule is CN(C)CC(Cc1ccccc1)NC(=O)C1CCCNC1. The second kappa shape index (κ2) is 8.15. The summed E-state index contributed by atoms with van der Waals surface area (Å²) in [5, 5.41) is 6.55. The topological polar surface area (TPSA) is 44.4 Å². The maximum Gasteiger partial charge on any atom is 0.224 e. The van der Waals surface area contributed by atoms with Crippen molar-refractivity contribution in [1.29, 1.82) is 0 Å². The molecule has 2 atom stereocenters.